The molecule has 0 bridgehead atoms. The predicted octanol–water partition coefficient (Wildman–Crippen LogP) is 3.08. The van der Waals surface area contributed by atoms with Gasteiger partial charge in [-0.3, -0.25) is 0 Å². The Kier molecular flexibility index (Phi) is 3.30. The quantitative estimate of drug-likeness (QED) is 0.420. The van der Waals surface area contributed by atoms with Crippen molar-refractivity contribution in [2.75, 3.05) is 0 Å². The number of ether oxygens (including phenoxy) is 1. The monoisotopic (exact) mass is 204 g/mol. The minimum atomic E-state index is -0.430. The molecule has 0 radical (unpaired) electrons. The highest BCUT2D eigenvalue weighted by Crippen LogP contribution is 2.25. The maximum atomic E-state index is 11.0. The summed E-state index contributed by atoms with van der Waals surface area (Å²) in [5.74, 6) is 0.133. The number of hydrogen-bond donors (Lipinski definition) is 0. The van der Waals surface area contributed by atoms with Gasteiger partial charge in [0.15, 0.2) is 0 Å². The summed E-state index contributed by atoms with van der Waals surface area (Å²) in [6, 6.07) is 7.54. The van der Waals surface area contributed by atoms with E-state index < -0.39 is 5.97 Å². The van der Waals surface area contributed by atoms with Crippen LogP contribution >= 0.6 is 0 Å². The van der Waals surface area contributed by atoms with Crippen LogP contribution in [0.4, 0.5) is 0 Å². The van der Waals surface area contributed by atoms with Gasteiger partial charge in [0.25, 0.3) is 0 Å². The van der Waals surface area contributed by atoms with Gasteiger partial charge in [0.1, 0.15) is 5.75 Å². The van der Waals surface area contributed by atoms with Gasteiger partial charge in [0, 0.05) is 6.08 Å². The average molecular weight is 204 g/mol. The van der Waals surface area contributed by atoms with Gasteiger partial charge in [0.05, 0.1) is 0 Å². The van der Waals surface area contributed by atoms with Crippen LogP contribution in [0.2, 0.25) is 0 Å². The molecule has 0 aliphatic rings. The SMILES string of the molecule is C=CC(=O)Oc1cccc(C(C)(C)C)c1. The first kappa shape index (κ1) is 11.5. The molecule has 0 aliphatic heterocycles. The maximum Gasteiger partial charge on any atom is 0.335 e. The fraction of sp³-hybridized carbons (Fsp3) is 0.308. The topological polar surface area (TPSA) is 26.3 Å². The zero-order chi connectivity index (χ0) is 11.5. The Morgan fingerprint density at radius 1 is 1.40 bits per heavy atom. The van der Waals surface area contributed by atoms with Gasteiger partial charge in [0.2, 0.25) is 0 Å². The third-order valence-electron chi connectivity index (χ3n) is 2.09. The minimum absolute atomic E-state index is 0.0522. The number of carbonyl (C=O) groups excluding carboxylic acids is 1. The minimum Gasteiger partial charge on any atom is -0.423 e. The second kappa shape index (κ2) is 4.30. The van der Waals surface area contributed by atoms with Gasteiger partial charge in [-0.25, -0.2) is 4.79 Å². The smallest absolute Gasteiger partial charge is 0.335 e. The van der Waals surface area contributed by atoms with E-state index in [-0.39, 0.29) is 5.41 Å². The zero-order valence-electron chi connectivity index (χ0n) is 9.41. The van der Waals surface area contributed by atoms with E-state index in [0.29, 0.717) is 5.75 Å². The molecule has 15 heavy (non-hydrogen) atoms. The molecule has 0 aliphatic carbocycles. The van der Waals surface area contributed by atoms with Gasteiger partial charge in [-0.2, -0.15) is 0 Å². The summed E-state index contributed by atoms with van der Waals surface area (Å²) in [6.07, 6.45) is 1.16. The van der Waals surface area contributed by atoms with E-state index in [9.17, 15) is 4.79 Å². The fourth-order valence-electron chi connectivity index (χ4n) is 1.18. The van der Waals surface area contributed by atoms with E-state index in [1.165, 1.54) is 0 Å². The van der Waals surface area contributed by atoms with Crippen molar-refractivity contribution in [3.8, 4) is 5.75 Å². The fourth-order valence-corrected chi connectivity index (χ4v) is 1.18. The molecule has 0 N–H and O–H groups in total. The molecule has 0 fully saturated rings. The lowest BCUT2D eigenvalue weighted by Gasteiger charge is -2.19. The molecule has 0 heterocycles. The Morgan fingerprint density at radius 3 is 2.60 bits per heavy atom. The van der Waals surface area contributed by atoms with Crippen LogP contribution in [0.5, 0.6) is 5.75 Å². The van der Waals surface area contributed by atoms with Crippen LogP contribution in [-0.4, -0.2) is 5.97 Å². The van der Waals surface area contributed by atoms with Crippen LogP contribution in [0.1, 0.15) is 26.3 Å². The number of benzene rings is 1. The molecule has 2 heteroatoms. The van der Waals surface area contributed by atoms with E-state index in [1.54, 1.807) is 6.07 Å². The van der Waals surface area contributed by atoms with Crippen molar-refractivity contribution >= 4 is 5.97 Å². The highest BCUT2D eigenvalue weighted by Gasteiger charge is 2.14. The lowest BCUT2D eigenvalue weighted by atomic mass is 9.87. The summed E-state index contributed by atoms with van der Waals surface area (Å²) in [4.78, 5) is 11.0. The first-order chi connectivity index (χ1) is 6.93. The van der Waals surface area contributed by atoms with Crippen LogP contribution in [0.25, 0.3) is 0 Å². The van der Waals surface area contributed by atoms with Crippen molar-refractivity contribution in [3.63, 3.8) is 0 Å². The zero-order valence-corrected chi connectivity index (χ0v) is 9.41. The van der Waals surface area contributed by atoms with Crippen molar-refractivity contribution in [3.05, 3.63) is 42.5 Å². The predicted molar refractivity (Wildman–Crippen MR) is 61.0 cm³/mol. The first-order valence-corrected chi connectivity index (χ1v) is 4.88. The van der Waals surface area contributed by atoms with Gasteiger partial charge >= 0.3 is 5.97 Å². The maximum absolute atomic E-state index is 11.0. The second-order valence-electron chi connectivity index (χ2n) is 4.40. The summed E-state index contributed by atoms with van der Waals surface area (Å²) in [5, 5.41) is 0. The summed E-state index contributed by atoms with van der Waals surface area (Å²) >= 11 is 0. The van der Waals surface area contributed by atoms with Crippen LogP contribution < -0.4 is 4.74 Å². The normalized spacial score (nSPS) is 10.9. The molecule has 2 nitrogen and oxygen atoms in total. The highest BCUT2D eigenvalue weighted by molar-refractivity contribution is 5.83. The summed E-state index contributed by atoms with van der Waals surface area (Å²) < 4.78 is 5.04. The largest absolute Gasteiger partial charge is 0.423 e. The Morgan fingerprint density at radius 2 is 2.07 bits per heavy atom. The van der Waals surface area contributed by atoms with Gasteiger partial charge in [-0.1, -0.05) is 39.5 Å². The standard InChI is InChI=1S/C13H16O2/c1-5-12(14)15-11-8-6-7-10(9-11)13(2,3)4/h5-9H,1H2,2-4H3. The molecule has 0 saturated carbocycles. The summed E-state index contributed by atoms with van der Waals surface area (Å²) in [6.45, 7) is 9.69. The van der Waals surface area contributed by atoms with Crippen LogP contribution in [0.15, 0.2) is 36.9 Å². The molecule has 80 valence electrons. The molecule has 0 atom stereocenters. The third-order valence-corrected chi connectivity index (χ3v) is 2.09. The van der Waals surface area contributed by atoms with Gasteiger partial charge in [-0.05, 0) is 23.1 Å². The highest BCUT2D eigenvalue weighted by atomic mass is 16.5. The molecule has 0 amide bonds. The Balaban J connectivity index is 2.93. The molecule has 0 aromatic heterocycles. The number of esters is 1. The van der Waals surface area contributed by atoms with Crippen molar-refractivity contribution in [2.45, 2.75) is 26.2 Å². The van der Waals surface area contributed by atoms with Crippen LogP contribution in [0.3, 0.4) is 0 Å². The molecule has 1 aromatic carbocycles. The van der Waals surface area contributed by atoms with E-state index in [0.717, 1.165) is 11.6 Å². The summed E-state index contributed by atoms with van der Waals surface area (Å²) in [5.41, 5.74) is 1.19. The molecule has 0 unspecified atom stereocenters. The van der Waals surface area contributed by atoms with Crippen molar-refractivity contribution in [2.24, 2.45) is 0 Å². The van der Waals surface area contributed by atoms with Gasteiger partial charge in [-0.15, -0.1) is 0 Å². The number of rotatable bonds is 2. The van der Waals surface area contributed by atoms with E-state index in [2.05, 4.69) is 27.4 Å². The summed E-state index contributed by atoms with van der Waals surface area (Å²) in [7, 11) is 0. The molecule has 1 rings (SSSR count). The molecular formula is C13H16O2. The lowest BCUT2D eigenvalue weighted by Crippen LogP contribution is -2.11. The first-order valence-electron chi connectivity index (χ1n) is 4.88. The lowest BCUT2D eigenvalue weighted by molar-refractivity contribution is -0.128. The van der Waals surface area contributed by atoms with Gasteiger partial charge < -0.3 is 4.74 Å². The molecule has 0 saturated heterocycles. The van der Waals surface area contributed by atoms with Crippen molar-refractivity contribution < 1.29 is 9.53 Å². The Bertz CT molecular complexity index is 372. The van der Waals surface area contributed by atoms with E-state index in [4.69, 9.17) is 4.74 Å². The third kappa shape index (κ3) is 3.24. The van der Waals surface area contributed by atoms with Crippen LogP contribution in [0, 0.1) is 0 Å². The molecule has 0 spiro atoms. The number of hydrogen-bond acceptors (Lipinski definition) is 2. The van der Waals surface area contributed by atoms with E-state index in [1.807, 2.05) is 18.2 Å². The molecule has 1 aromatic rings. The second-order valence-corrected chi connectivity index (χ2v) is 4.40. The Labute approximate surface area is 90.6 Å². The van der Waals surface area contributed by atoms with Crippen LogP contribution in [-0.2, 0) is 10.2 Å². The Hall–Kier alpha value is -1.57. The van der Waals surface area contributed by atoms with Crippen molar-refractivity contribution in [1.82, 2.24) is 0 Å². The van der Waals surface area contributed by atoms with E-state index >= 15 is 0 Å². The van der Waals surface area contributed by atoms with Crippen molar-refractivity contribution in [1.29, 1.82) is 0 Å². The molecular weight excluding hydrogens is 188 g/mol. The average Bonchev–Trinajstić information content (AvgIpc) is 2.17. The number of carbonyl (C=O) groups is 1.